The largest absolute Gasteiger partial charge is 0.354 e. The van der Waals surface area contributed by atoms with Crippen molar-refractivity contribution in [2.24, 2.45) is 0 Å². The normalized spacial score (nSPS) is 17.0. The van der Waals surface area contributed by atoms with Gasteiger partial charge in [0.1, 0.15) is 0 Å². The van der Waals surface area contributed by atoms with Gasteiger partial charge in [-0.25, -0.2) is 4.39 Å². The van der Waals surface area contributed by atoms with E-state index in [0.717, 1.165) is 0 Å². The third-order valence-electron chi connectivity index (χ3n) is 0.485. The molecule has 0 aromatic carbocycles. The average Bonchev–Trinajstić information content (AvgIpc) is 1.62. The Morgan fingerprint density at radius 2 is 2.38 bits per heavy atom. The van der Waals surface area contributed by atoms with Crippen LogP contribution in [0.1, 0.15) is 0 Å². The molecule has 5 heteroatoms. The summed E-state index contributed by atoms with van der Waals surface area (Å²) in [5.41, 5.74) is 0. The fourth-order valence-corrected chi connectivity index (χ4v) is 0.434. The minimum absolute atomic E-state index is 0.904. The van der Waals surface area contributed by atoms with Gasteiger partial charge in [-0.1, -0.05) is 11.6 Å². The highest BCUT2D eigenvalue weighted by Crippen LogP contribution is 2.24. The number of hydrogen-bond acceptors (Lipinski definition) is 1. The lowest BCUT2D eigenvalue weighted by atomic mass is 10.7. The quantitative estimate of drug-likeness (QED) is 0.634. The zero-order valence-corrected chi connectivity index (χ0v) is 6.38. The molecule has 0 saturated heterocycles. The van der Waals surface area contributed by atoms with E-state index < -0.39 is 9.94 Å². The van der Waals surface area contributed by atoms with Crippen LogP contribution in [-0.4, -0.2) is 17.0 Å². The number of hydrogen-bond donors (Lipinski definition) is 1. The Bertz CT molecular complexity index is 102. The van der Waals surface area contributed by atoms with Gasteiger partial charge in [-0.05, 0) is 15.9 Å². The lowest BCUT2D eigenvalue weighted by molar-refractivity contribution is -0.123. The fraction of sp³-hybridized carbons (Fsp3) is 0.667. The summed E-state index contributed by atoms with van der Waals surface area (Å²) in [5, 5.41) is 2.01. The molecule has 0 aliphatic rings. The molecular formula is C3H4BrClFNO. The molecule has 0 aliphatic heterocycles. The van der Waals surface area contributed by atoms with Crippen molar-refractivity contribution in [2.75, 3.05) is 7.05 Å². The van der Waals surface area contributed by atoms with Crippen molar-refractivity contribution in [3.8, 4) is 0 Å². The van der Waals surface area contributed by atoms with Gasteiger partial charge in [-0.15, -0.1) is 0 Å². The Hall–Kier alpha value is 0.170. The first-order valence-electron chi connectivity index (χ1n) is 1.77. The SMILES string of the molecule is CNC(=O)C(F)(Cl)Br. The number of alkyl halides is 3. The van der Waals surface area contributed by atoms with Gasteiger partial charge in [0.2, 0.25) is 0 Å². The Morgan fingerprint density at radius 3 is 2.38 bits per heavy atom. The van der Waals surface area contributed by atoms with Gasteiger partial charge in [0.15, 0.2) is 0 Å². The minimum atomic E-state index is -2.46. The second-order valence-corrected chi connectivity index (χ2v) is 3.15. The molecule has 0 rings (SSSR count). The summed E-state index contributed by atoms with van der Waals surface area (Å²) in [6.07, 6.45) is 0. The van der Waals surface area contributed by atoms with Crippen LogP contribution in [0.3, 0.4) is 0 Å². The molecule has 0 saturated carbocycles. The molecule has 0 aromatic rings. The summed E-state index contributed by atoms with van der Waals surface area (Å²) in [7, 11) is 1.29. The van der Waals surface area contributed by atoms with E-state index in [4.69, 9.17) is 11.6 Å². The van der Waals surface area contributed by atoms with Crippen molar-refractivity contribution in [3.05, 3.63) is 0 Å². The molecule has 0 bridgehead atoms. The molecule has 1 unspecified atom stereocenters. The maximum absolute atomic E-state index is 12.1. The van der Waals surface area contributed by atoms with Gasteiger partial charge < -0.3 is 5.32 Å². The van der Waals surface area contributed by atoms with Gasteiger partial charge >= 0.3 is 4.04 Å². The van der Waals surface area contributed by atoms with E-state index in [1.807, 2.05) is 5.32 Å². The van der Waals surface area contributed by atoms with Crippen LogP contribution in [0.15, 0.2) is 0 Å². The molecular weight excluding hydrogens is 200 g/mol. The van der Waals surface area contributed by atoms with Crippen LogP contribution in [0, 0.1) is 0 Å². The summed E-state index contributed by atoms with van der Waals surface area (Å²) in [6, 6.07) is 0. The summed E-state index contributed by atoms with van der Waals surface area (Å²) in [4.78, 5) is 10.2. The van der Waals surface area contributed by atoms with Crippen molar-refractivity contribution in [3.63, 3.8) is 0 Å². The number of nitrogens with one attached hydrogen (secondary N) is 1. The molecule has 0 fully saturated rings. The summed E-state index contributed by atoms with van der Waals surface area (Å²) < 4.78 is 9.60. The highest BCUT2D eigenvalue weighted by molar-refractivity contribution is 9.10. The molecule has 48 valence electrons. The van der Waals surface area contributed by atoms with Crippen molar-refractivity contribution < 1.29 is 9.18 Å². The molecule has 1 amide bonds. The minimum Gasteiger partial charge on any atom is -0.354 e. The van der Waals surface area contributed by atoms with Crippen LogP contribution in [-0.2, 0) is 4.79 Å². The highest BCUT2D eigenvalue weighted by Gasteiger charge is 2.30. The third-order valence-corrected chi connectivity index (χ3v) is 1.02. The Morgan fingerprint density at radius 1 is 2.00 bits per heavy atom. The maximum Gasteiger partial charge on any atom is 0.315 e. The molecule has 8 heavy (non-hydrogen) atoms. The molecule has 0 spiro atoms. The molecule has 0 heterocycles. The average molecular weight is 204 g/mol. The second kappa shape index (κ2) is 2.64. The van der Waals surface area contributed by atoms with E-state index in [-0.39, 0.29) is 0 Å². The van der Waals surface area contributed by atoms with E-state index in [1.54, 1.807) is 0 Å². The van der Waals surface area contributed by atoms with Gasteiger partial charge in [0.05, 0.1) is 0 Å². The number of amides is 1. The smallest absolute Gasteiger partial charge is 0.315 e. The number of rotatable bonds is 1. The van der Waals surface area contributed by atoms with Crippen LogP contribution >= 0.6 is 27.5 Å². The summed E-state index contributed by atoms with van der Waals surface area (Å²) in [6.45, 7) is 0. The van der Waals surface area contributed by atoms with Gasteiger partial charge in [-0.2, -0.15) is 0 Å². The molecule has 1 atom stereocenters. The molecule has 0 aromatic heterocycles. The van der Waals surface area contributed by atoms with Crippen LogP contribution in [0.25, 0.3) is 0 Å². The zero-order chi connectivity index (χ0) is 6.78. The van der Waals surface area contributed by atoms with E-state index in [2.05, 4.69) is 15.9 Å². The zero-order valence-electron chi connectivity index (χ0n) is 4.04. The van der Waals surface area contributed by atoms with Crippen molar-refractivity contribution in [1.29, 1.82) is 0 Å². The first-order chi connectivity index (χ1) is 3.48. The number of halogens is 3. The lowest BCUT2D eigenvalue weighted by Gasteiger charge is -2.04. The molecule has 0 radical (unpaired) electrons. The monoisotopic (exact) mass is 203 g/mol. The van der Waals surface area contributed by atoms with Crippen molar-refractivity contribution in [2.45, 2.75) is 4.04 Å². The van der Waals surface area contributed by atoms with E-state index >= 15 is 0 Å². The van der Waals surface area contributed by atoms with E-state index in [9.17, 15) is 9.18 Å². The fourth-order valence-electron chi connectivity index (χ4n) is 0.142. The van der Waals surface area contributed by atoms with Crippen LogP contribution in [0.4, 0.5) is 4.39 Å². The Balaban J connectivity index is 3.82. The standard InChI is InChI=1S/C3H4BrClFNO/c1-7-2(8)3(4,5)6/h1H3,(H,7,8). The van der Waals surface area contributed by atoms with Gasteiger partial charge in [-0.3, -0.25) is 4.79 Å². The first kappa shape index (κ1) is 8.17. The van der Waals surface area contributed by atoms with Crippen LogP contribution in [0.2, 0.25) is 0 Å². The maximum atomic E-state index is 12.1. The van der Waals surface area contributed by atoms with Crippen LogP contribution < -0.4 is 5.32 Å². The van der Waals surface area contributed by atoms with Crippen molar-refractivity contribution >= 4 is 33.4 Å². The predicted octanol–water partition coefficient (Wildman–Crippen LogP) is 0.989. The topological polar surface area (TPSA) is 29.1 Å². The van der Waals surface area contributed by atoms with E-state index in [0.29, 0.717) is 0 Å². The third kappa shape index (κ3) is 2.47. The summed E-state index contributed by atoms with van der Waals surface area (Å²) in [5.74, 6) is -0.904. The highest BCUT2D eigenvalue weighted by atomic mass is 79.9. The number of carbonyl (C=O) groups is 1. The first-order valence-corrected chi connectivity index (χ1v) is 2.94. The number of carbonyl (C=O) groups excluding carboxylic acids is 1. The Kier molecular flexibility index (Phi) is 2.70. The second-order valence-electron chi connectivity index (χ2n) is 1.08. The Labute approximate surface area is 59.5 Å². The lowest BCUT2D eigenvalue weighted by Crippen LogP contribution is -2.31. The van der Waals surface area contributed by atoms with Gasteiger partial charge in [0.25, 0.3) is 5.91 Å². The summed E-state index contributed by atoms with van der Waals surface area (Å²) >= 11 is 7.11. The van der Waals surface area contributed by atoms with E-state index in [1.165, 1.54) is 7.05 Å². The molecule has 2 nitrogen and oxygen atoms in total. The van der Waals surface area contributed by atoms with Gasteiger partial charge in [0, 0.05) is 7.05 Å². The predicted molar refractivity (Wildman–Crippen MR) is 32.7 cm³/mol. The van der Waals surface area contributed by atoms with Crippen molar-refractivity contribution in [1.82, 2.24) is 5.32 Å². The molecule has 0 aliphatic carbocycles. The van der Waals surface area contributed by atoms with Crippen LogP contribution in [0.5, 0.6) is 0 Å². The molecule has 1 N–H and O–H groups in total.